The van der Waals surface area contributed by atoms with E-state index in [1.165, 1.54) is 22.0 Å². The van der Waals surface area contributed by atoms with Crippen LogP contribution in [-0.2, 0) is 13.1 Å². The lowest BCUT2D eigenvalue weighted by molar-refractivity contribution is 0.0496. The first-order valence-electron chi connectivity index (χ1n) is 10.6. The number of fused-ring (bicyclic) bond motifs is 1. The lowest BCUT2D eigenvalue weighted by Gasteiger charge is -2.41. The molecule has 154 valence electrons. The number of hydrogen-bond acceptors (Lipinski definition) is 4. The number of H-pyrrole nitrogens is 1. The van der Waals surface area contributed by atoms with Crippen LogP contribution < -0.4 is 4.74 Å². The Balaban J connectivity index is 1.45. The van der Waals surface area contributed by atoms with Crippen LogP contribution in [0.4, 0.5) is 0 Å². The molecule has 2 N–H and O–H groups in total. The Morgan fingerprint density at radius 2 is 1.86 bits per heavy atom. The van der Waals surface area contributed by atoms with Crippen LogP contribution in [0, 0.1) is 0 Å². The summed E-state index contributed by atoms with van der Waals surface area (Å²) in [5, 5.41) is 11.0. The highest BCUT2D eigenvalue weighted by atomic mass is 16.5. The van der Waals surface area contributed by atoms with Crippen molar-refractivity contribution in [3.05, 3.63) is 65.9 Å². The minimum absolute atomic E-state index is 0.217. The second kappa shape index (κ2) is 9.44. The van der Waals surface area contributed by atoms with Gasteiger partial charge in [0.15, 0.2) is 0 Å². The van der Waals surface area contributed by atoms with Gasteiger partial charge in [-0.25, -0.2) is 0 Å². The Hall–Kier alpha value is -2.34. The molecule has 1 aliphatic rings. The van der Waals surface area contributed by atoms with Crippen molar-refractivity contribution in [3.8, 4) is 5.75 Å². The van der Waals surface area contributed by atoms with Crippen LogP contribution in [0.3, 0.4) is 0 Å². The molecule has 2 aromatic carbocycles. The standard InChI is InChI=1S/C24H31N3O2/c1-2-29-24-10-6-3-7-19(24)17-27-13-12-26(18-21(27)11-14-28)16-20-15-25-23-9-5-4-8-22(20)23/h3-10,15,21,25,28H,2,11-14,16-18H2,1H3/t21-/m1/s1. The number of benzene rings is 2. The SMILES string of the molecule is CCOc1ccccc1CN1CCN(Cc2c[nH]c3ccccc23)C[C@H]1CCO. The lowest BCUT2D eigenvalue weighted by Crippen LogP contribution is -2.52. The van der Waals surface area contributed by atoms with Gasteiger partial charge in [0, 0.05) is 68.0 Å². The molecule has 1 aromatic heterocycles. The quantitative estimate of drug-likeness (QED) is 0.614. The molecule has 5 nitrogen and oxygen atoms in total. The number of rotatable bonds is 8. The normalized spacial score (nSPS) is 18.3. The maximum atomic E-state index is 9.65. The summed E-state index contributed by atoms with van der Waals surface area (Å²) < 4.78 is 5.82. The monoisotopic (exact) mass is 393 g/mol. The molecule has 0 unspecified atom stereocenters. The number of piperazine rings is 1. The van der Waals surface area contributed by atoms with Gasteiger partial charge in [0.1, 0.15) is 5.75 Å². The fraction of sp³-hybridized carbons (Fsp3) is 0.417. The van der Waals surface area contributed by atoms with Gasteiger partial charge in [0.2, 0.25) is 0 Å². The number of nitrogens with one attached hydrogen (secondary N) is 1. The second-order valence-corrected chi connectivity index (χ2v) is 7.77. The van der Waals surface area contributed by atoms with Gasteiger partial charge in [-0.3, -0.25) is 9.80 Å². The molecule has 0 spiro atoms. The van der Waals surface area contributed by atoms with Crippen LogP contribution in [0.1, 0.15) is 24.5 Å². The van der Waals surface area contributed by atoms with Crippen molar-refractivity contribution in [3.63, 3.8) is 0 Å². The minimum atomic E-state index is 0.217. The molecule has 3 aromatic rings. The number of aromatic amines is 1. The zero-order valence-corrected chi connectivity index (χ0v) is 17.2. The third-order valence-electron chi connectivity index (χ3n) is 5.87. The highest BCUT2D eigenvalue weighted by Gasteiger charge is 2.27. The minimum Gasteiger partial charge on any atom is -0.494 e. The van der Waals surface area contributed by atoms with E-state index in [9.17, 15) is 5.11 Å². The molecular formula is C24H31N3O2. The molecule has 2 heterocycles. The number of aromatic nitrogens is 1. The highest BCUT2D eigenvalue weighted by molar-refractivity contribution is 5.82. The Morgan fingerprint density at radius 1 is 1.03 bits per heavy atom. The van der Waals surface area contributed by atoms with E-state index in [0.717, 1.165) is 44.9 Å². The average molecular weight is 394 g/mol. The smallest absolute Gasteiger partial charge is 0.123 e. The highest BCUT2D eigenvalue weighted by Crippen LogP contribution is 2.25. The number of hydrogen-bond donors (Lipinski definition) is 2. The van der Waals surface area contributed by atoms with E-state index in [2.05, 4.69) is 57.4 Å². The van der Waals surface area contributed by atoms with Crippen LogP contribution in [0.25, 0.3) is 10.9 Å². The van der Waals surface area contributed by atoms with Gasteiger partial charge in [-0.05, 0) is 31.0 Å². The second-order valence-electron chi connectivity index (χ2n) is 7.77. The van der Waals surface area contributed by atoms with Crippen molar-refractivity contribution >= 4 is 10.9 Å². The first-order chi connectivity index (χ1) is 14.3. The summed E-state index contributed by atoms with van der Waals surface area (Å²) in [6.07, 6.45) is 2.93. The Kier molecular flexibility index (Phi) is 6.49. The summed E-state index contributed by atoms with van der Waals surface area (Å²) in [6.45, 7) is 7.71. The van der Waals surface area contributed by atoms with Gasteiger partial charge in [-0.15, -0.1) is 0 Å². The van der Waals surface area contributed by atoms with Crippen LogP contribution >= 0.6 is 0 Å². The van der Waals surface area contributed by atoms with Crippen molar-refractivity contribution in [2.75, 3.05) is 32.8 Å². The number of aliphatic hydroxyl groups is 1. The number of aliphatic hydroxyl groups excluding tert-OH is 1. The van der Waals surface area contributed by atoms with E-state index in [4.69, 9.17) is 4.74 Å². The van der Waals surface area contributed by atoms with Crippen LogP contribution in [0.5, 0.6) is 5.75 Å². The third-order valence-corrected chi connectivity index (χ3v) is 5.87. The Bertz CT molecular complexity index is 923. The molecular weight excluding hydrogens is 362 g/mol. The fourth-order valence-corrected chi connectivity index (χ4v) is 4.38. The summed E-state index contributed by atoms with van der Waals surface area (Å²) in [5.74, 6) is 0.971. The molecule has 0 aliphatic carbocycles. The van der Waals surface area contributed by atoms with E-state index < -0.39 is 0 Å². The molecule has 0 radical (unpaired) electrons. The first-order valence-corrected chi connectivity index (χ1v) is 10.6. The Morgan fingerprint density at radius 3 is 2.72 bits per heavy atom. The molecule has 29 heavy (non-hydrogen) atoms. The summed E-state index contributed by atoms with van der Waals surface area (Å²) >= 11 is 0. The molecule has 0 saturated carbocycles. The van der Waals surface area contributed by atoms with Gasteiger partial charge < -0.3 is 14.8 Å². The van der Waals surface area contributed by atoms with E-state index >= 15 is 0 Å². The van der Waals surface area contributed by atoms with Gasteiger partial charge in [0.05, 0.1) is 6.61 Å². The van der Waals surface area contributed by atoms with Crippen molar-refractivity contribution in [1.82, 2.24) is 14.8 Å². The first kappa shape index (κ1) is 20.0. The maximum absolute atomic E-state index is 9.65. The van der Waals surface area contributed by atoms with Gasteiger partial charge >= 0.3 is 0 Å². The van der Waals surface area contributed by atoms with Gasteiger partial charge in [0.25, 0.3) is 0 Å². The average Bonchev–Trinajstić information content (AvgIpc) is 3.15. The maximum Gasteiger partial charge on any atom is 0.123 e. The van der Waals surface area contributed by atoms with Crippen molar-refractivity contribution in [1.29, 1.82) is 0 Å². The van der Waals surface area contributed by atoms with Crippen molar-refractivity contribution < 1.29 is 9.84 Å². The van der Waals surface area contributed by atoms with E-state index in [1.807, 2.05) is 19.1 Å². The van der Waals surface area contributed by atoms with Crippen LogP contribution in [-0.4, -0.2) is 58.8 Å². The molecule has 1 aliphatic heterocycles. The number of para-hydroxylation sites is 2. The Labute approximate surface area is 172 Å². The molecule has 1 fully saturated rings. The van der Waals surface area contributed by atoms with Gasteiger partial charge in [-0.1, -0.05) is 36.4 Å². The zero-order chi connectivity index (χ0) is 20.1. The number of nitrogens with zero attached hydrogens (tertiary/aromatic N) is 2. The van der Waals surface area contributed by atoms with Crippen molar-refractivity contribution in [2.24, 2.45) is 0 Å². The van der Waals surface area contributed by atoms with Crippen molar-refractivity contribution in [2.45, 2.75) is 32.5 Å². The van der Waals surface area contributed by atoms with Crippen LogP contribution in [0.2, 0.25) is 0 Å². The summed E-state index contributed by atoms with van der Waals surface area (Å²) in [7, 11) is 0. The molecule has 0 bridgehead atoms. The topological polar surface area (TPSA) is 51.7 Å². The zero-order valence-electron chi connectivity index (χ0n) is 17.2. The fourth-order valence-electron chi connectivity index (χ4n) is 4.38. The van der Waals surface area contributed by atoms with E-state index in [1.54, 1.807) is 0 Å². The largest absolute Gasteiger partial charge is 0.494 e. The van der Waals surface area contributed by atoms with E-state index in [0.29, 0.717) is 12.6 Å². The summed E-state index contributed by atoms with van der Waals surface area (Å²) in [4.78, 5) is 8.40. The predicted molar refractivity (Wildman–Crippen MR) is 117 cm³/mol. The van der Waals surface area contributed by atoms with E-state index in [-0.39, 0.29) is 6.61 Å². The molecule has 0 amide bonds. The van der Waals surface area contributed by atoms with Gasteiger partial charge in [-0.2, -0.15) is 0 Å². The molecule has 1 atom stereocenters. The molecule has 1 saturated heterocycles. The molecule has 4 rings (SSSR count). The lowest BCUT2D eigenvalue weighted by atomic mass is 10.1. The number of ether oxygens (including phenoxy) is 1. The summed E-state index contributed by atoms with van der Waals surface area (Å²) in [5.41, 5.74) is 3.77. The third kappa shape index (κ3) is 4.64. The van der Waals surface area contributed by atoms with Crippen LogP contribution in [0.15, 0.2) is 54.7 Å². The summed E-state index contributed by atoms with van der Waals surface area (Å²) in [6, 6.07) is 17.1. The predicted octanol–water partition coefficient (Wildman–Crippen LogP) is 3.64. The molecule has 5 heteroatoms.